The predicted octanol–water partition coefficient (Wildman–Crippen LogP) is 3.24. The number of carbonyl (C=O) groups excluding carboxylic acids is 3. The minimum atomic E-state index is -0.712. The molecule has 2 aromatic rings. The third-order valence-corrected chi connectivity index (χ3v) is 3.81. The largest absolute Gasteiger partial charge is 0.493 e. The van der Waals surface area contributed by atoms with Crippen LogP contribution in [0.5, 0.6) is 11.5 Å². The number of hydrogen-bond donors (Lipinski definition) is 1. The highest BCUT2D eigenvalue weighted by atomic mass is 16.5. The Morgan fingerprint density at radius 1 is 1.03 bits per heavy atom. The van der Waals surface area contributed by atoms with E-state index in [1.807, 2.05) is 13.8 Å². The molecule has 7 nitrogen and oxygen atoms in total. The molecule has 30 heavy (non-hydrogen) atoms. The van der Waals surface area contributed by atoms with Crippen LogP contribution in [0.3, 0.4) is 0 Å². The first-order valence-corrected chi connectivity index (χ1v) is 9.44. The number of rotatable bonds is 9. The van der Waals surface area contributed by atoms with Gasteiger partial charge in [0.25, 0.3) is 11.8 Å². The first-order chi connectivity index (χ1) is 14.4. The molecular formula is C23H25NO6. The lowest BCUT2D eigenvalue weighted by Crippen LogP contribution is -2.33. The summed E-state index contributed by atoms with van der Waals surface area (Å²) in [7, 11) is 1.54. The fourth-order valence-electron chi connectivity index (χ4n) is 2.34. The summed E-state index contributed by atoms with van der Waals surface area (Å²) in [5.74, 6) is -0.436. The van der Waals surface area contributed by atoms with E-state index in [1.165, 1.54) is 19.3 Å². The third kappa shape index (κ3) is 7.43. The van der Waals surface area contributed by atoms with Gasteiger partial charge in [0.15, 0.2) is 18.1 Å². The van der Waals surface area contributed by atoms with Crippen molar-refractivity contribution < 1.29 is 28.6 Å². The van der Waals surface area contributed by atoms with Crippen molar-refractivity contribution in [3.8, 4) is 11.5 Å². The highest BCUT2D eigenvalue weighted by molar-refractivity contribution is 6.05. The summed E-state index contributed by atoms with van der Waals surface area (Å²) in [5, 5.41) is 2.16. The second-order valence-corrected chi connectivity index (χ2v) is 6.80. The number of benzene rings is 2. The summed E-state index contributed by atoms with van der Waals surface area (Å²) in [6.45, 7) is 4.10. The van der Waals surface area contributed by atoms with Crippen LogP contribution in [0.1, 0.15) is 29.8 Å². The molecule has 0 saturated heterocycles. The molecule has 0 spiro atoms. The zero-order chi connectivity index (χ0) is 21.9. The van der Waals surface area contributed by atoms with Gasteiger partial charge in [0.1, 0.15) is 0 Å². The molecule has 0 aliphatic heterocycles. The maximum Gasteiger partial charge on any atom is 0.331 e. The van der Waals surface area contributed by atoms with Gasteiger partial charge >= 0.3 is 5.97 Å². The maximum atomic E-state index is 11.9. The molecule has 1 N–H and O–H groups in total. The molecule has 0 atom stereocenters. The topological polar surface area (TPSA) is 90.9 Å². The highest BCUT2D eigenvalue weighted by Crippen LogP contribution is 2.29. The van der Waals surface area contributed by atoms with E-state index >= 15 is 0 Å². The molecule has 2 rings (SSSR count). The average Bonchev–Trinajstić information content (AvgIpc) is 2.75. The van der Waals surface area contributed by atoms with Crippen molar-refractivity contribution in [1.82, 2.24) is 5.32 Å². The molecule has 0 fully saturated rings. The summed E-state index contributed by atoms with van der Waals surface area (Å²) >= 11 is 0. The summed E-state index contributed by atoms with van der Waals surface area (Å²) in [6, 6.07) is 13.5. The van der Waals surface area contributed by atoms with Crippen molar-refractivity contribution in [2.75, 3.05) is 20.3 Å². The van der Waals surface area contributed by atoms with Crippen LogP contribution >= 0.6 is 0 Å². The van der Waals surface area contributed by atoms with E-state index in [-0.39, 0.29) is 0 Å². The molecule has 2 amide bonds. The molecule has 0 radical (unpaired) electrons. The smallest absolute Gasteiger partial charge is 0.331 e. The van der Waals surface area contributed by atoms with Gasteiger partial charge in [0.2, 0.25) is 0 Å². The van der Waals surface area contributed by atoms with Gasteiger partial charge in [-0.05, 0) is 41.8 Å². The Bertz CT molecular complexity index is 905. The van der Waals surface area contributed by atoms with Crippen molar-refractivity contribution in [2.45, 2.75) is 13.8 Å². The quantitative estimate of drug-likeness (QED) is 0.503. The fourth-order valence-corrected chi connectivity index (χ4v) is 2.34. The molecule has 0 aliphatic rings. The zero-order valence-electron chi connectivity index (χ0n) is 17.2. The Hall–Kier alpha value is -3.61. The minimum Gasteiger partial charge on any atom is -0.493 e. The van der Waals surface area contributed by atoms with Gasteiger partial charge in [-0.1, -0.05) is 38.1 Å². The van der Waals surface area contributed by atoms with Gasteiger partial charge in [-0.2, -0.15) is 0 Å². The molecule has 0 saturated carbocycles. The standard InChI is InChI=1S/C23H25NO6/c1-16(2)14-29-19-11-9-17(13-20(19)28-3)10-12-22(26)30-15-21(25)24-23(27)18-7-5-4-6-8-18/h4-13,16H,14-15H2,1-3H3,(H,24,25,27)/b12-10+. The average molecular weight is 411 g/mol. The van der Waals surface area contributed by atoms with Crippen LogP contribution in [-0.4, -0.2) is 38.1 Å². The first-order valence-electron chi connectivity index (χ1n) is 9.44. The van der Waals surface area contributed by atoms with Gasteiger partial charge in [0, 0.05) is 11.6 Å². The SMILES string of the molecule is COc1cc(/C=C/C(=O)OCC(=O)NC(=O)c2ccccc2)ccc1OCC(C)C. The van der Waals surface area contributed by atoms with Crippen LogP contribution in [0, 0.1) is 5.92 Å². The number of methoxy groups -OCH3 is 1. The number of esters is 1. The summed E-state index contributed by atoms with van der Waals surface area (Å²) < 4.78 is 15.9. The van der Waals surface area contributed by atoms with E-state index in [4.69, 9.17) is 14.2 Å². The lowest BCUT2D eigenvalue weighted by atomic mass is 10.2. The maximum absolute atomic E-state index is 11.9. The molecule has 0 heterocycles. The van der Waals surface area contributed by atoms with Crippen molar-refractivity contribution in [3.63, 3.8) is 0 Å². The van der Waals surface area contributed by atoms with E-state index < -0.39 is 24.4 Å². The number of hydrogen-bond acceptors (Lipinski definition) is 6. The predicted molar refractivity (Wildman–Crippen MR) is 112 cm³/mol. The van der Waals surface area contributed by atoms with Crippen LogP contribution in [0.4, 0.5) is 0 Å². The van der Waals surface area contributed by atoms with Crippen molar-refractivity contribution in [3.05, 3.63) is 65.7 Å². The molecule has 0 unspecified atom stereocenters. The first kappa shape index (κ1) is 22.7. The molecular weight excluding hydrogens is 386 g/mol. The summed E-state index contributed by atoms with van der Waals surface area (Å²) in [4.78, 5) is 35.5. The summed E-state index contributed by atoms with van der Waals surface area (Å²) in [5.41, 5.74) is 1.04. The van der Waals surface area contributed by atoms with Gasteiger partial charge in [-0.15, -0.1) is 0 Å². The van der Waals surface area contributed by atoms with Crippen LogP contribution in [0.15, 0.2) is 54.6 Å². The van der Waals surface area contributed by atoms with Gasteiger partial charge in [0.05, 0.1) is 13.7 Å². The molecule has 7 heteroatoms. The zero-order valence-corrected chi connectivity index (χ0v) is 17.2. The molecule has 0 bridgehead atoms. The van der Waals surface area contributed by atoms with Crippen molar-refractivity contribution in [2.24, 2.45) is 5.92 Å². The molecule has 0 aliphatic carbocycles. The van der Waals surface area contributed by atoms with Gasteiger partial charge in [-0.3, -0.25) is 14.9 Å². The Kier molecular flexibility index (Phi) is 8.62. The van der Waals surface area contributed by atoms with Gasteiger partial charge in [-0.25, -0.2) is 4.79 Å². The Morgan fingerprint density at radius 2 is 1.77 bits per heavy atom. The number of amides is 2. The van der Waals surface area contributed by atoms with E-state index in [0.29, 0.717) is 35.2 Å². The lowest BCUT2D eigenvalue weighted by molar-refractivity contribution is -0.143. The minimum absolute atomic E-state index is 0.340. The van der Waals surface area contributed by atoms with Crippen molar-refractivity contribution >= 4 is 23.9 Å². The molecule has 158 valence electrons. The van der Waals surface area contributed by atoms with Crippen LogP contribution < -0.4 is 14.8 Å². The molecule has 2 aromatic carbocycles. The van der Waals surface area contributed by atoms with E-state index in [1.54, 1.807) is 48.5 Å². The Morgan fingerprint density at radius 3 is 2.43 bits per heavy atom. The normalized spacial score (nSPS) is 10.7. The highest BCUT2D eigenvalue weighted by Gasteiger charge is 2.11. The van der Waals surface area contributed by atoms with Crippen LogP contribution in [0.25, 0.3) is 6.08 Å². The number of carbonyl (C=O) groups is 3. The van der Waals surface area contributed by atoms with E-state index in [9.17, 15) is 14.4 Å². The Balaban J connectivity index is 1.85. The number of imide groups is 1. The second kappa shape index (κ2) is 11.4. The van der Waals surface area contributed by atoms with Crippen LogP contribution in [-0.2, 0) is 14.3 Å². The van der Waals surface area contributed by atoms with E-state index in [2.05, 4.69) is 5.32 Å². The number of nitrogens with one attached hydrogen (secondary N) is 1. The van der Waals surface area contributed by atoms with Crippen molar-refractivity contribution in [1.29, 1.82) is 0 Å². The molecule has 0 aromatic heterocycles. The lowest BCUT2D eigenvalue weighted by Gasteiger charge is -2.12. The third-order valence-electron chi connectivity index (χ3n) is 3.81. The van der Waals surface area contributed by atoms with Crippen LogP contribution in [0.2, 0.25) is 0 Å². The second-order valence-electron chi connectivity index (χ2n) is 6.80. The summed E-state index contributed by atoms with van der Waals surface area (Å²) in [6.07, 6.45) is 2.72. The fraction of sp³-hybridized carbons (Fsp3) is 0.261. The monoisotopic (exact) mass is 411 g/mol. The number of ether oxygens (including phenoxy) is 3. The Labute approximate surface area is 175 Å². The van der Waals surface area contributed by atoms with E-state index in [0.717, 1.165) is 0 Å². The van der Waals surface area contributed by atoms with Gasteiger partial charge < -0.3 is 14.2 Å².